The van der Waals surface area contributed by atoms with Crippen LogP contribution < -0.4 is 10.1 Å². The highest BCUT2D eigenvalue weighted by molar-refractivity contribution is 5.91. The SMILES string of the molecule is COc1cccc2ccc(CN3CCCC(c4cc(C(=O)NC5CCCCC5)on4)C3)nc12. The first-order chi connectivity index (χ1) is 16.2. The van der Waals surface area contributed by atoms with Crippen molar-refractivity contribution in [1.29, 1.82) is 0 Å². The molecule has 7 heteroatoms. The van der Waals surface area contributed by atoms with Crippen molar-refractivity contribution in [2.24, 2.45) is 0 Å². The number of benzene rings is 1. The van der Waals surface area contributed by atoms with Crippen molar-refractivity contribution in [3.63, 3.8) is 0 Å². The van der Waals surface area contributed by atoms with Gasteiger partial charge in [-0.15, -0.1) is 0 Å². The van der Waals surface area contributed by atoms with Crippen LogP contribution in [0.15, 0.2) is 40.9 Å². The summed E-state index contributed by atoms with van der Waals surface area (Å²) in [6.07, 6.45) is 7.87. The van der Waals surface area contributed by atoms with E-state index in [-0.39, 0.29) is 17.9 Å². The molecule has 1 aromatic carbocycles. The second kappa shape index (κ2) is 9.91. The first-order valence-corrected chi connectivity index (χ1v) is 12.1. The number of para-hydroxylation sites is 1. The Morgan fingerprint density at radius 1 is 1.15 bits per heavy atom. The number of pyridine rings is 1. The Labute approximate surface area is 194 Å². The molecule has 0 spiro atoms. The average Bonchev–Trinajstić information content (AvgIpc) is 3.35. The fourth-order valence-corrected chi connectivity index (χ4v) is 5.17. The number of carbonyl (C=O) groups excluding carboxylic acids is 1. The molecule has 3 heterocycles. The van der Waals surface area contributed by atoms with E-state index in [1.807, 2.05) is 18.2 Å². The molecule has 1 N–H and O–H groups in total. The molecule has 2 aliphatic rings. The van der Waals surface area contributed by atoms with Crippen LogP contribution in [0.3, 0.4) is 0 Å². The Balaban J connectivity index is 1.23. The van der Waals surface area contributed by atoms with Gasteiger partial charge in [0.1, 0.15) is 11.3 Å². The predicted molar refractivity (Wildman–Crippen MR) is 126 cm³/mol. The van der Waals surface area contributed by atoms with Gasteiger partial charge < -0.3 is 14.6 Å². The molecule has 3 aromatic rings. The highest BCUT2D eigenvalue weighted by atomic mass is 16.5. The number of nitrogens with zero attached hydrogens (tertiary/aromatic N) is 3. The highest BCUT2D eigenvalue weighted by Gasteiger charge is 2.26. The van der Waals surface area contributed by atoms with Gasteiger partial charge in [-0.3, -0.25) is 9.69 Å². The van der Waals surface area contributed by atoms with Gasteiger partial charge in [0.25, 0.3) is 5.91 Å². The van der Waals surface area contributed by atoms with Crippen LogP contribution in [0.4, 0.5) is 0 Å². The smallest absolute Gasteiger partial charge is 0.290 e. The summed E-state index contributed by atoms with van der Waals surface area (Å²) in [6.45, 7) is 2.67. The molecule has 1 saturated heterocycles. The van der Waals surface area contributed by atoms with Crippen molar-refractivity contribution in [2.75, 3.05) is 20.2 Å². The zero-order valence-corrected chi connectivity index (χ0v) is 19.3. The maximum atomic E-state index is 12.6. The topological polar surface area (TPSA) is 80.5 Å². The summed E-state index contributed by atoms with van der Waals surface area (Å²) in [4.78, 5) is 19.9. The maximum Gasteiger partial charge on any atom is 0.290 e. The van der Waals surface area contributed by atoms with E-state index in [9.17, 15) is 4.79 Å². The molecule has 1 unspecified atom stereocenters. The lowest BCUT2D eigenvalue weighted by molar-refractivity contribution is 0.0890. The Kier molecular flexibility index (Phi) is 6.58. The lowest BCUT2D eigenvalue weighted by atomic mass is 9.94. The number of fused-ring (bicyclic) bond motifs is 1. The summed E-state index contributed by atoms with van der Waals surface area (Å²) in [5.41, 5.74) is 2.80. The number of hydrogen-bond donors (Lipinski definition) is 1. The Morgan fingerprint density at radius 3 is 2.88 bits per heavy atom. The van der Waals surface area contributed by atoms with E-state index in [0.29, 0.717) is 5.76 Å². The molecule has 1 aliphatic carbocycles. The van der Waals surface area contributed by atoms with Crippen LogP contribution in [-0.2, 0) is 6.54 Å². The van der Waals surface area contributed by atoms with Crippen LogP contribution in [0.25, 0.3) is 10.9 Å². The lowest BCUT2D eigenvalue weighted by Gasteiger charge is -2.31. The van der Waals surface area contributed by atoms with Gasteiger partial charge in [-0.2, -0.15) is 0 Å². The van der Waals surface area contributed by atoms with Crippen LogP contribution >= 0.6 is 0 Å². The fourth-order valence-electron chi connectivity index (χ4n) is 5.17. The molecule has 7 nitrogen and oxygen atoms in total. The molecule has 2 fully saturated rings. The number of methoxy groups -OCH3 is 1. The van der Waals surface area contributed by atoms with Crippen molar-refractivity contribution in [3.05, 3.63) is 53.5 Å². The number of carbonyl (C=O) groups is 1. The molecule has 1 saturated carbocycles. The third-order valence-corrected chi connectivity index (χ3v) is 6.96. The van der Waals surface area contributed by atoms with Gasteiger partial charge in [0.05, 0.1) is 18.5 Å². The molecule has 174 valence electrons. The molecule has 1 atom stereocenters. The van der Waals surface area contributed by atoms with Gasteiger partial charge in [0.2, 0.25) is 5.76 Å². The minimum Gasteiger partial charge on any atom is -0.494 e. The highest BCUT2D eigenvalue weighted by Crippen LogP contribution is 2.29. The van der Waals surface area contributed by atoms with E-state index < -0.39 is 0 Å². The second-order valence-corrected chi connectivity index (χ2v) is 9.33. The van der Waals surface area contributed by atoms with E-state index in [2.05, 4.69) is 33.6 Å². The summed E-state index contributed by atoms with van der Waals surface area (Å²) in [5.74, 6) is 1.25. The number of hydrogen-bond acceptors (Lipinski definition) is 6. The zero-order chi connectivity index (χ0) is 22.6. The van der Waals surface area contributed by atoms with Crippen molar-refractivity contribution < 1.29 is 14.1 Å². The van der Waals surface area contributed by atoms with Gasteiger partial charge in [0, 0.05) is 36.5 Å². The molecule has 0 bridgehead atoms. The molecule has 2 aromatic heterocycles. The fraction of sp³-hybridized carbons (Fsp3) is 0.500. The number of nitrogens with one attached hydrogen (secondary N) is 1. The van der Waals surface area contributed by atoms with E-state index in [0.717, 1.165) is 73.4 Å². The van der Waals surface area contributed by atoms with Crippen LogP contribution in [0.2, 0.25) is 0 Å². The number of piperidine rings is 1. The molecule has 5 rings (SSSR count). The van der Waals surface area contributed by atoms with E-state index >= 15 is 0 Å². The summed E-state index contributed by atoms with van der Waals surface area (Å²) < 4.78 is 10.9. The third-order valence-electron chi connectivity index (χ3n) is 6.96. The normalized spacial score (nSPS) is 20.1. The molecule has 0 radical (unpaired) electrons. The Bertz CT molecular complexity index is 1110. The van der Waals surface area contributed by atoms with Crippen LogP contribution in [0, 0.1) is 0 Å². The van der Waals surface area contributed by atoms with Gasteiger partial charge in [-0.05, 0) is 44.4 Å². The first kappa shape index (κ1) is 21.9. The van der Waals surface area contributed by atoms with Gasteiger partial charge >= 0.3 is 0 Å². The predicted octanol–water partition coefficient (Wildman–Crippen LogP) is 4.67. The lowest BCUT2D eigenvalue weighted by Crippen LogP contribution is -2.36. The average molecular weight is 449 g/mol. The van der Waals surface area contributed by atoms with E-state index in [1.54, 1.807) is 7.11 Å². The number of amides is 1. The third kappa shape index (κ3) is 5.03. The minimum atomic E-state index is -0.136. The van der Waals surface area contributed by atoms with E-state index in [1.165, 1.54) is 19.3 Å². The molecule has 1 amide bonds. The van der Waals surface area contributed by atoms with Crippen molar-refractivity contribution in [2.45, 2.75) is 63.5 Å². The molecular weight excluding hydrogens is 416 g/mol. The van der Waals surface area contributed by atoms with Crippen molar-refractivity contribution in [1.82, 2.24) is 20.4 Å². The molecule has 33 heavy (non-hydrogen) atoms. The monoisotopic (exact) mass is 448 g/mol. The summed E-state index contributed by atoms with van der Waals surface area (Å²) in [5, 5.41) is 8.46. The molecule has 1 aliphatic heterocycles. The van der Waals surface area contributed by atoms with Crippen LogP contribution in [0.1, 0.15) is 72.8 Å². The second-order valence-electron chi connectivity index (χ2n) is 9.33. The number of rotatable bonds is 6. The standard InChI is InChI=1S/C26H32N4O3/c1-32-23-11-5-7-18-12-13-21(27-25(18)23)17-30-14-6-8-19(16-30)22-15-24(33-29-22)26(31)28-20-9-3-2-4-10-20/h5,7,11-13,15,19-20H,2-4,6,8-10,14,16-17H2,1H3,(H,28,31). The Morgan fingerprint density at radius 2 is 2.03 bits per heavy atom. The summed E-state index contributed by atoms with van der Waals surface area (Å²) in [6, 6.07) is 12.3. The summed E-state index contributed by atoms with van der Waals surface area (Å²) >= 11 is 0. The zero-order valence-electron chi connectivity index (χ0n) is 19.3. The van der Waals surface area contributed by atoms with Crippen molar-refractivity contribution >= 4 is 16.8 Å². The minimum absolute atomic E-state index is 0.136. The van der Waals surface area contributed by atoms with Gasteiger partial charge in [0.15, 0.2) is 0 Å². The number of likely N-dealkylation sites (tertiary alicyclic amines) is 1. The van der Waals surface area contributed by atoms with E-state index in [4.69, 9.17) is 14.2 Å². The van der Waals surface area contributed by atoms with Gasteiger partial charge in [-0.25, -0.2) is 4.98 Å². The quantitative estimate of drug-likeness (QED) is 0.590. The van der Waals surface area contributed by atoms with Crippen LogP contribution in [0.5, 0.6) is 5.75 Å². The largest absolute Gasteiger partial charge is 0.494 e. The molecular formula is C26H32N4O3. The number of aromatic nitrogens is 2. The van der Waals surface area contributed by atoms with Gasteiger partial charge in [-0.1, -0.05) is 42.6 Å². The first-order valence-electron chi connectivity index (χ1n) is 12.1. The summed E-state index contributed by atoms with van der Waals surface area (Å²) in [7, 11) is 1.68. The van der Waals surface area contributed by atoms with Crippen LogP contribution in [-0.4, -0.2) is 47.2 Å². The number of ether oxygens (including phenoxy) is 1. The Hall–Kier alpha value is -2.93. The maximum absolute atomic E-state index is 12.6. The van der Waals surface area contributed by atoms with Crippen molar-refractivity contribution in [3.8, 4) is 5.75 Å².